The Labute approximate surface area is 365 Å². The molecule has 0 spiro atoms. The van der Waals surface area contributed by atoms with E-state index in [1.807, 2.05) is 0 Å². The van der Waals surface area contributed by atoms with Crippen LogP contribution in [0.1, 0.15) is 126 Å². The van der Waals surface area contributed by atoms with Gasteiger partial charge in [0, 0.05) is 19.3 Å². The van der Waals surface area contributed by atoms with Crippen molar-refractivity contribution < 1.29 is 65.7 Å². The van der Waals surface area contributed by atoms with Crippen LogP contribution < -0.4 is 21.7 Å². The third-order valence-electron chi connectivity index (χ3n) is 10.1. The number of hydrogen-bond acceptors (Lipinski definition) is 16. The molecule has 3 rings (SSSR count). The molecule has 3 aromatic rings. The summed E-state index contributed by atoms with van der Waals surface area (Å²) in [5.74, 6) is -2.73. The number of Topliss-reactive ketones (excluding diaryl/α,β-unsaturated/α-hetero) is 1. The molecule has 1 aromatic carbocycles. The van der Waals surface area contributed by atoms with E-state index in [-0.39, 0.29) is 41.9 Å². The number of benzene rings is 1. The van der Waals surface area contributed by atoms with Crippen molar-refractivity contribution in [2.24, 2.45) is 5.92 Å². The molecule has 17 heteroatoms. The second-order valence-corrected chi connectivity index (χ2v) is 14.9. The van der Waals surface area contributed by atoms with Crippen LogP contribution in [0.25, 0.3) is 0 Å². The van der Waals surface area contributed by atoms with Gasteiger partial charge in [-0.25, -0.2) is 19.2 Å². The zero-order valence-corrected chi connectivity index (χ0v) is 36.7. The first-order chi connectivity index (χ1) is 30.2. The Bertz CT molecular complexity index is 2140. The van der Waals surface area contributed by atoms with Crippen LogP contribution in [0, 0.1) is 31.6 Å². The van der Waals surface area contributed by atoms with Crippen LogP contribution in [0.4, 0.5) is 0 Å². The quantitative estimate of drug-likeness (QED) is 0.0265. The summed E-state index contributed by atoms with van der Waals surface area (Å²) in [6.45, 7) is 5.39. The second kappa shape index (κ2) is 27.0. The summed E-state index contributed by atoms with van der Waals surface area (Å²) in [5, 5.41) is 14.8. The number of aliphatic hydroxyl groups is 1. The lowest BCUT2D eigenvalue weighted by molar-refractivity contribution is -0.181. The largest absolute Gasteiger partial charge is 0.519 e. The summed E-state index contributed by atoms with van der Waals surface area (Å²) >= 11 is 0. The lowest BCUT2D eigenvalue weighted by Crippen LogP contribution is -2.56. The van der Waals surface area contributed by atoms with Gasteiger partial charge in [0.15, 0.2) is 41.9 Å². The average molecular weight is 882 g/mol. The number of ketones is 1. The number of carbonyl (C=O) groups excluding carboxylic acids is 5. The smallest absolute Gasteiger partial charge is 0.481 e. The minimum Gasteiger partial charge on any atom is -0.481 e. The molecule has 344 valence electrons. The minimum atomic E-state index is -3.01. The second-order valence-electron chi connectivity index (χ2n) is 14.9. The summed E-state index contributed by atoms with van der Waals surface area (Å²) in [4.78, 5) is 90.4. The first kappa shape index (κ1) is 51.2. The minimum absolute atomic E-state index is 0.0193. The maximum absolute atomic E-state index is 14.4. The fourth-order valence-corrected chi connectivity index (χ4v) is 6.43. The topological polar surface area (TPSA) is 241 Å². The Kier molecular flexibility index (Phi) is 22.0. The summed E-state index contributed by atoms with van der Waals surface area (Å²) in [6, 6.07) is 5.30. The molecule has 0 aliphatic heterocycles. The highest BCUT2D eigenvalue weighted by molar-refractivity contribution is 5.95. The molecule has 63 heavy (non-hydrogen) atoms. The van der Waals surface area contributed by atoms with Crippen LogP contribution >= 0.6 is 0 Å². The molecule has 0 aliphatic rings. The third-order valence-corrected chi connectivity index (χ3v) is 10.1. The first-order valence-electron chi connectivity index (χ1n) is 21.1. The number of methoxy groups -OCH3 is 1. The SMILES string of the molecule is CC#CCOc1ccc(C[C@H](NC(=O)[C@@H](/C=C/CCCCCCC(=O)CCCCCCC)[C@@](O)(CC(=O)OCc2oc(=O)oc2C)C(=O)OCc2oc(=O)oc2C)C(=O)OC)cc1. The van der Waals surface area contributed by atoms with E-state index in [1.165, 1.54) is 26.3 Å². The van der Waals surface area contributed by atoms with Crippen LogP contribution in [0.15, 0.2) is 63.7 Å². The van der Waals surface area contributed by atoms with Crippen LogP contribution in [0.3, 0.4) is 0 Å². The van der Waals surface area contributed by atoms with E-state index in [9.17, 15) is 38.7 Å². The van der Waals surface area contributed by atoms with Crippen molar-refractivity contribution in [3.8, 4) is 17.6 Å². The fraction of sp³-hybridized carbons (Fsp3) is 0.543. The molecule has 0 radical (unpaired) electrons. The molecule has 2 N–H and O–H groups in total. The Morgan fingerprint density at radius 1 is 0.825 bits per heavy atom. The number of esters is 3. The van der Waals surface area contributed by atoms with E-state index in [4.69, 9.17) is 36.6 Å². The van der Waals surface area contributed by atoms with E-state index in [2.05, 4.69) is 24.1 Å². The van der Waals surface area contributed by atoms with Gasteiger partial charge < -0.3 is 47.0 Å². The number of ether oxygens (including phenoxy) is 4. The van der Waals surface area contributed by atoms with Gasteiger partial charge in [0.25, 0.3) is 0 Å². The van der Waals surface area contributed by atoms with Gasteiger partial charge in [0.1, 0.15) is 24.2 Å². The fourth-order valence-electron chi connectivity index (χ4n) is 6.43. The van der Waals surface area contributed by atoms with Gasteiger partial charge in [-0.2, -0.15) is 0 Å². The number of unbranched alkanes of at least 4 members (excludes halogenated alkanes) is 8. The van der Waals surface area contributed by atoms with E-state index in [0.717, 1.165) is 52.1 Å². The highest BCUT2D eigenvalue weighted by atomic mass is 16.6. The molecule has 0 aliphatic carbocycles. The van der Waals surface area contributed by atoms with Crippen molar-refractivity contribution in [3.63, 3.8) is 0 Å². The van der Waals surface area contributed by atoms with Crippen molar-refractivity contribution >= 4 is 29.6 Å². The standard InChI is InChI=1S/C46H59NO16/c1-6-8-10-13-16-19-34(48)20-17-14-11-12-15-18-21-36(41(50)47-37(42(51)56-5)27-33-22-24-35(25-23-33)57-26-9-7-2)46(55,43(52)59-30-39-32(4)61-45(54)63-39)28-40(49)58-29-38-31(3)60-44(53)62-38/h18,21-25,36-37,55H,6,8,10-17,19-20,26-30H2,1-5H3,(H,47,50)/b21-18+/t36-,37+,46+/m1/s1. The lowest BCUT2D eigenvalue weighted by atomic mass is 9.82. The highest BCUT2D eigenvalue weighted by Gasteiger charge is 2.51. The molecule has 17 nitrogen and oxygen atoms in total. The van der Waals surface area contributed by atoms with Crippen LogP contribution in [-0.4, -0.2) is 60.1 Å². The Balaban J connectivity index is 1.88. The van der Waals surface area contributed by atoms with Crippen LogP contribution in [0.2, 0.25) is 0 Å². The third kappa shape index (κ3) is 17.6. The van der Waals surface area contributed by atoms with Crippen LogP contribution in [0.5, 0.6) is 5.75 Å². The molecule has 0 fully saturated rings. The molecule has 2 heterocycles. The van der Waals surface area contributed by atoms with Crippen molar-refractivity contribution in [2.75, 3.05) is 13.7 Å². The highest BCUT2D eigenvalue weighted by Crippen LogP contribution is 2.29. The summed E-state index contributed by atoms with van der Waals surface area (Å²) in [7, 11) is 1.12. The van der Waals surface area contributed by atoms with Gasteiger partial charge in [-0.3, -0.25) is 14.4 Å². The number of amides is 1. The van der Waals surface area contributed by atoms with E-state index in [0.29, 0.717) is 37.0 Å². The number of allylic oxidation sites excluding steroid dienone is 1. The molecule has 1 amide bonds. The Morgan fingerprint density at radius 2 is 1.41 bits per heavy atom. The van der Waals surface area contributed by atoms with E-state index < -0.39 is 72.7 Å². The molecule has 3 atom stereocenters. The van der Waals surface area contributed by atoms with Crippen molar-refractivity contribution in [3.05, 3.63) is 86.3 Å². The Morgan fingerprint density at radius 3 is 1.97 bits per heavy atom. The zero-order chi connectivity index (χ0) is 46.2. The average Bonchev–Trinajstić information content (AvgIpc) is 3.77. The van der Waals surface area contributed by atoms with Crippen molar-refractivity contribution in [1.82, 2.24) is 5.32 Å². The molecule has 0 saturated carbocycles. The molecule has 2 aromatic heterocycles. The van der Waals surface area contributed by atoms with Gasteiger partial charge in [-0.15, -0.1) is 5.92 Å². The Hall–Kier alpha value is -6.15. The van der Waals surface area contributed by atoms with Gasteiger partial charge in [0.2, 0.25) is 5.91 Å². The lowest BCUT2D eigenvalue weighted by Gasteiger charge is -2.31. The van der Waals surface area contributed by atoms with Gasteiger partial charge in [-0.1, -0.05) is 75.7 Å². The molecule has 0 bridgehead atoms. The number of rotatable bonds is 29. The van der Waals surface area contributed by atoms with Crippen molar-refractivity contribution in [1.29, 1.82) is 0 Å². The summed E-state index contributed by atoms with van der Waals surface area (Å²) in [6.07, 6.45) is 11.2. The van der Waals surface area contributed by atoms with Gasteiger partial charge in [0.05, 0.1) is 19.4 Å². The number of aryl methyl sites for hydroxylation is 2. The molecular weight excluding hydrogens is 822 g/mol. The molecular formula is C46H59NO16. The number of hydrogen-bond donors (Lipinski definition) is 2. The summed E-state index contributed by atoms with van der Waals surface area (Å²) < 4.78 is 40.5. The normalized spacial score (nSPS) is 13.0. The zero-order valence-electron chi connectivity index (χ0n) is 36.7. The van der Waals surface area contributed by atoms with Gasteiger partial charge >= 0.3 is 29.6 Å². The van der Waals surface area contributed by atoms with Gasteiger partial charge in [-0.05, 0) is 64.2 Å². The molecule has 0 unspecified atom stereocenters. The first-order valence-corrected chi connectivity index (χ1v) is 21.1. The molecule has 0 saturated heterocycles. The number of nitrogens with one attached hydrogen (secondary N) is 1. The predicted octanol–water partition coefficient (Wildman–Crippen LogP) is 6.05. The number of carbonyl (C=O) groups is 5. The van der Waals surface area contributed by atoms with E-state index >= 15 is 0 Å². The maximum atomic E-state index is 14.4. The van der Waals surface area contributed by atoms with E-state index in [1.54, 1.807) is 37.3 Å². The maximum Gasteiger partial charge on any atom is 0.519 e. The van der Waals surface area contributed by atoms with Crippen LogP contribution in [-0.2, 0) is 57.8 Å². The monoisotopic (exact) mass is 881 g/mol. The predicted molar refractivity (Wildman–Crippen MR) is 225 cm³/mol. The summed E-state index contributed by atoms with van der Waals surface area (Å²) in [5.41, 5.74) is -2.43. The van der Waals surface area contributed by atoms with Crippen molar-refractivity contribution in [2.45, 2.75) is 142 Å².